The lowest BCUT2D eigenvalue weighted by Gasteiger charge is -2.19. The molecule has 0 bridgehead atoms. The first-order valence-corrected chi connectivity index (χ1v) is 10.4. The van der Waals surface area contributed by atoms with Gasteiger partial charge in [0.25, 0.3) is 0 Å². The Labute approximate surface area is 181 Å². The van der Waals surface area contributed by atoms with Gasteiger partial charge in [0.05, 0.1) is 28.5 Å². The molecule has 3 aromatic heterocycles. The summed E-state index contributed by atoms with van der Waals surface area (Å²) in [5.41, 5.74) is 2.13. The lowest BCUT2D eigenvalue weighted by atomic mass is 9.92. The van der Waals surface area contributed by atoms with E-state index in [-0.39, 0.29) is 17.6 Å². The van der Waals surface area contributed by atoms with Crippen molar-refractivity contribution in [3.8, 4) is 23.1 Å². The second-order valence-electron chi connectivity index (χ2n) is 7.48. The molecule has 0 saturated heterocycles. The van der Waals surface area contributed by atoms with Crippen LogP contribution in [0.15, 0.2) is 56.7 Å². The van der Waals surface area contributed by atoms with E-state index in [2.05, 4.69) is 4.98 Å². The van der Waals surface area contributed by atoms with E-state index < -0.39 is 11.2 Å². The van der Waals surface area contributed by atoms with Gasteiger partial charge in [-0.1, -0.05) is 23.7 Å². The number of pyridine rings is 1. The fraction of sp³-hybridized carbons (Fsp3) is 0.217. The number of rotatable bonds is 3. The summed E-state index contributed by atoms with van der Waals surface area (Å²) in [5.74, 6) is 0.356. The zero-order valence-electron chi connectivity index (χ0n) is 16.5. The molecule has 7 nitrogen and oxygen atoms in total. The van der Waals surface area contributed by atoms with Gasteiger partial charge in [0.2, 0.25) is 5.58 Å². The van der Waals surface area contributed by atoms with Gasteiger partial charge in [0, 0.05) is 17.8 Å². The minimum absolute atomic E-state index is 0.00168. The Morgan fingerprint density at radius 2 is 1.97 bits per heavy atom. The maximum Gasteiger partial charge on any atom is 0.337 e. The van der Waals surface area contributed by atoms with Crippen LogP contribution in [0.2, 0.25) is 5.02 Å². The summed E-state index contributed by atoms with van der Waals surface area (Å²) in [4.78, 5) is 31.1. The number of nitrogens with zero attached hydrogens (tertiary/aromatic N) is 4. The van der Waals surface area contributed by atoms with Crippen LogP contribution in [0.3, 0.4) is 0 Å². The molecule has 0 saturated carbocycles. The molecular weight excluding hydrogens is 416 g/mol. The van der Waals surface area contributed by atoms with Crippen LogP contribution in [0.25, 0.3) is 28.1 Å². The molecule has 0 fully saturated rings. The molecule has 3 heterocycles. The molecule has 0 radical (unpaired) electrons. The van der Waals surface area contributed by atoms with Gasteiger partial charge in [-0.15, -0.1) is 0 Å². The lowest BCUT2D eigenvalue weighted by molar-refractivity contribution is 0.611. The van der Waals surface area contributed by atoms with Crippen molar-refractivity contribution in [1.82, 2.24) is 14.1 Å². The quantitative estimate of drug-likeness (QED) is 0.490. The van der Waals surface area contributed by atoms with Crippen molar-refractivity contribution in [2.75, 3.05) is 0 Å². The number of aromatic nitrogens is 3. The van der Waals surface area contributed by atoms with Crippen molar-refractivity contribution in [2.24, 2.45) is 0 Å². The van der Waals surface area contributed by atoms with Crippen molar-refractivity contribution < 1.29 is 4.42 Å². The number of benzene rings is 1. The van der Waals surface area contributed by atoms with Crippen molar-refractivity contribution in [3.05, 3.63) is 79.7 Å². The zero-order valence-corrected chi connectivity index (χ0v) is 17.2. The van der Waals surface area contributed by atoms with E-state index in [9.17, 15) is 14.9 Å². The molecular formula is C23H17ClN4O3. The summed E-state index contributed by atoms with van der Waals surface area (Å²) in [6.45, 7) is -0.223. The fourth-order valence-electron chi connectivity index (χ4n) is 4.21. The number of halogens is 1. The minimum Gasteiger partial charge on any atom is -0.449 e. The smallest absolute Gasteiger partial charge is 0.337 e. The Kier molecular flexibility index (Phi) is 4.72. The molecule has 0 atom stereocenters. The summed E-state index contributed by atoms with van der Waals surface area (Å²) in [6.07, 6.45) is 6.97. The molecule has 1 aliphatic rings. The van der Waals surface area contributed by atoms with Gasteiger partial charge in [-0.25, -0.2) is 9.36 Å². The molecule has 8 heteroatoms. The molecule has 0 amide bonds. The number of hydrogen-bond donors (Lipinski definition) is 0. The molecule has 0 spiro atoms. The molecule has 0 aliphatic heterocycles. The van der Waals surface area contributed by atoms with Crippen LogP contribution in [0.4, 0.5) is 0 Å². The van der Waals surface area contributed by atoms with Gasteiger partial charge in [0.1, 0.15) is 12.3 Å². The Balaban J connectivity index is 1.84. The Hall–Kier alpha value is -3.63. The Morgan fingerprint density at radius 3 is 2.77 bits per heavy atom. The third kappa shape index (κ3) is 3.07. The van der Waals surface area contributed by atoms with E-state index in [1.807, 2.05) is 6.07 Å². The lowest BCUT2D eigenvalue weighted by Crippen LogP contribution is -2.39. The molecule has 1 aromatic carbocycles. The SMILES string of the molecule is N#CCn1c(=O)n(-c2cncc3c2CCCC3)c(=O)c2oc(-c3ccccc3Cl)cc21. The minimum atomic E-state index is -0.591. The van der Waals surface area contributed by atoms with Crippen molar-refractivity contribution in [2.45, 2.75) is 32.2 Å². The maximum absolute atomic E-state index is 13.4. The largest absolute Gasteiger partial charge is 0.449 e. The van der Waals surface area contributed by atoms with E-state index in [1.54, 1.807) is 36.5 Å². The molecule has 31 heavy (non-hydrogen) atoms. The van der Waals surface area contributed by atoms with Crippen LogP contribution in [0, 0.1) is 11.3 Å². The monoisotopic (exact) mass is 432 g/mol. The van der Waals surface area contributed by atoms with Crippen molar-refractivity contribution in [3.63, 3.8) is 0 Å². The van der Waals surface area contributed by atoms with Crippen LogP contribution in [0.5, 0.6) is 0 Å². The van der Waals surface area contributed by atoms with Gasteiger partial charge in [-0.2, -0.15) is 5.26 Å². The van der Waals surface area contributed by atoms with Gasteiger partial charge in [0.15, 0.2) is 0 Å². The third-order valence-electron chi connectivity index (χ3n) is 5.68. The predicted molar refractivity (Wildman–Crippen MR) is 117 cm³/mol. The average Bonchev–Trinajstić information content (AvgIpc) is 3.22. The average molecular weight is 433 g/mol. The maximum atomic E-state index is 13.4. The molecule has 154 valence electrons. The number of furan rings is 1. The summed E-state index contributed by atoms with van der Waals surface area (Å²) < 4.78 is 8.24. The van der Waals surface area contributed by atoms with E-state index in [0.717, 1.165) is 41.4 Å². The number of hydrogen-bond acceptors (Lipinski definition) is 5. The first kappa shape index (κ1) is 19.3. The van der Waals surface area contributed by atoms with Crippen LogP contribution in [-0.4, -0.2) is 14.1 Å². The first-order valence-electron chi connectivity index (χ1n) is 9.97. The summed E-state index contributed by atoms with van der Waals surface area (Å²) >= 11 is 6.29. The Morgan fingerprint density at radius 1 is 1.16 bits per heavy atom. The fourth-order valence-corrected chi connectivity index (χ4v) is 4.44. The highest BCUT2D eigenvalue weighted by atomic mass is 35.5. The Bertz CT molecular complexity index is 1490. The summed E-state index contributed by atoms with van der Waals surface area (Å²) in [6, 6.07) is 10.7. The molecule has 1 aliphatic carbocycles. The van der Waals surface area contributed by atoms with Crippen LogP contribution in [-0.2, 0) is 19.4 Å². The second kappa shape index (κ2) is 7.56. The van der Waals surface area contributed by atoms with Crippen molar-refractivity contribution in [1.29, 1.82) is 5.26 Å². The highest BCUT2D eigenvalue weighted by molar-refractivity contribution is 6.33. The normalized spacial score (nSPS) is 13.2. The number of aryl methyl sites for hydroxylation is 1. The third-order valence-corrected chi connectivity index (χ3v) is 6.01. The zero-order chi connectivity index (χ0) is 21.5. The molecule has 4 aromatic rings. The summed E-state index contributed by atoms with van der Waals surface area (Å²) in [7, 11) is 0. The number of fused-ring (bicyclic) bond motifs is 2. The van der Waals surface area contributed by atoms with E-state index in [4.69, 9.17) is 16.0 Å². The standard InChI is InChI=1S/C23H17ClN4O3/c24-17-8-4-3-7-16(17)20-11-18-21(31-20)22(29)28(23(30)27(18)10-9-25)19-13-26-12-14-5-1-2-6-15(14)19/h3-4,7-8,11-13H,1-2,5-6,10H2. The van der Waals surface area contributed by atoms with E-state index in [1.165, 1.54) is 10.8 Å². The van der Waals surface area contributed by atoms with Gasteiger partial charge in [-0.05, 0) is 48.9 Å². The van der Waals surface area contributed by atoms with Gasteiger partial charge >= 0.3 is 11.2 Å². The van der Waals surface area contributed by atoms with Crippen LogP contribution >= 0.6 is 11.6 Å². The first-order chi connectivity index (χ1) is 15.1. The topological polar surface area (TPSA) is 93.8 Å². The highest BCUT2D eigenvalue weighted by Gasteiger charge is 2.23. The molecule has 0 unspecified atom stereocenters. The van der Waals surface area contributed by atoms with Gasteiger partial charge in [-0.3, -0.25) is 14.3 Å². The van der Waals surface area contributed by atoms with Crippen LogP contribution in [0.1, 0.15) is 24.0 Å². The van der Waals surface area contributed by atoms with Crippen molar-refractivity contribution >= 4 is 22.7 Å². The number of nitriles is 1. The van der Waals surface area contributed by atoms with E-state index >= 15 is 0 Å². The molecule has 5 rings (SSSR count). The summed E-state index contributed by atoms with van der Waals surface area (Å²) in [5, 5.41) is 9.79. The predicted octanol–water partition coefficient (Wildman–Crippen LogP) is 3.86. The van der Waals surface area contributed by atoms with E-state index in [0.29, 0.717) is 22.0 Å². The molecule has 0 N–H and O–H groups in total. The van der Waals surface area contributed by atoms with Crippen LogP contribution < -0.4 is 11.2 Å². The van der Waals surface area contributed by atoms with Gasteiger partial charge < -0.3 is 4.42 Å². The highest BCUT2D eigenvalue weighted by Crippen LogP contribution is 2.31. The second-order valence-corrected chi connectivity index (χ2v) is 7.88.